The quantitative estimate of drug-likeness (QED) is 0.727. The fourth-order valence-electron chi connectivity index (χ4n) is 1.84. The average Bonchev–Trinajstić information content (AvgIpc) is 2.47. The number of nitrogens with zero attached hydrogens (tertiary/aromatic N) is 3. The van der Waals surface area contributed by atoms with E-state index in [4.69, 9.17) is 23.2 Å². The van der Waals surface area contributed by atoms with Crippen molar-refractivity contribution in [3.05, 3.63) is 64.8 Å². The topological polar surface area (TPSA) is 62.7 Å². The Morgan fingerprint density at radius 3 is 2.27 bits per heavy atom. The van der Waals surface area contributed by atoms with Crippen LogP contribution < -0.4 is 10.6 Å². The lowest BCUT2D eigenvalue weighted by molar-refractivity contribution is 0.982. The lowest BCUT2D eigenvalue weighted by atomic mass is 10.3. The van der Waals surface area contributed by atoms with Gasteiger partial charge in [0, 0.05) is 21.4 Å². The van der Waals surface area contributed by atoms with E-state index in [2.05, 4.69) is 25.8 Å². The number of aromatic nitrogens is 3. The van der Waals surface area contributed by atoms with Crippen molar-refractivity contribution in [1.29, 1.82) is 0 Å². The van der Waals surface area contributed by atoms with Crippen molar-refractivity contribution in [3.8, 4) is 0 Å². The highest BCUT2D eigenvalue weighted by Crippen LogP contribution is 2.24. The summed E-state index contributed by atoms with van der Waals surface area (Å²) in [6.45, 7) is 0. The van der Waals surface area contributed by atoms with Gasteiger partial charge in [0.25, 0.3) is 0 Å². The summed E-state index contributed by atoms with van der Waals surface area (Å²) >= 11 is 11.9. The second kappa shape index (κ2) is 6.60. The molecule has 0 radical (unpaired) electrons. The van der Waals surface area contributed by atoms with Crippen LogP contribution in [0.5, 0.6) is 0 Å². The largest absolute Gasteiger partial charge is 0.339 e. The van der Waals surface area contributed by atoms with Crippen molar-refractivity contribution in [2.24, 2.45) is 0 Å². The average molecular weight is 332 g/mol. The molecule has 3 rings (SSSR count). The van der Waals surface area contributed by atoms with Gasteiger partial charge in [-0.15, -0.1) is 5.10 Å². The zero-order chi connectivity index (χ0) is 15.4. The zero-order valence-corrected chi connectivity index (χ0v) is 12.8. The molecule has 0 saturated carbocycles. The van der Waals surface area contributed by atoms with Crippen LogP contribution in [0.25, 0.3) is 0 Å². The number of anilines is 4. The predicted molar refractivity (Wildman–Crippen MR) is 89.3 cm³/mol. The lowest BCUT2D eigenvalue weighted by Gasteiger charge is -2.08. The van der Waals surface area contributed by atoms with Gasteiger partial charge in [-0.05, 0) is 30.3 Å². The van der Waals surface area contributed by atoms with Crippen LogP contribution in [0.4, 0.5) is 23.1 Å². The van der Waals surface area contributed by atoms with Crippen molar-refractivity contribution in [1.82, 2.24) is 15.2 Å². The van der Waals surface area contributed by atoms with Gasteiger partial charge in [0.05, 0.1) is 6.20 Å². The lowest BCUT2D eigenvalue weighted by Crippen LogP contribution is -2.02. The van der Waals surface area contributed by atoms with E-state index in [1.165, 1.54) is 6.20 Å². The SMILES string of the molecule is Clc1cc(Cl)cc(Nc2cnnc(Nc3ccccc3)n2)c1. The van der Waals surface area contributed by atoms with Gasteiger partial charge >= 0.3 is 0 Å². The molecule has 0 aliphatic heterocycles. The summed E-state index contributed by atoms with van der Waals surface area (Å²) in [4.78, 5) is 4.34. The molecule has 1 heterocycles. The number of benzene rings is 2. The Kier molecular flexibility index (Phi) is 4.37. The maximum atomic E-state index is 5.97. The first kappa shape index (κ1) is 14.6. The normalized spacial score (nSPS) is 10.3. The van der Waals surface area contributed by atoms with E-state index in [-0.39, 0.29) is 0 Å². The molecule has 0 aliphatic carbocycles. The van der Waals surface area contributed by atoms with Gasteiger partial charge in [0.1, 0.15) is 0 Å². The van der Waals surface area contributed by atoms with Crippen LogP contribution in [0, 0.1) is 0 Å². The second-order valence-electron chi connectivity index (χ2n) is 4.44. The molecule has 3 aromatic rings. The van der Waals surface area contributed by atoms with Crippen LogP contribution in [0.2, 0.25) is 10.0 Å². The zero-order valence-electron chi connectivity index (χ0n) is 11.3. The molecule has 1 aromatic heterocycles. The third-order valence-corrected chi connectivity index (χ3v) is 3.16. The summed E-state index contributed by atoms with van der Waals surface area (Å²) in [6, 6.07) is 14.8. The number of hydrogen-bond acceptors (Lipinski definition) is 5. The molecule has 0 saturated heterocycles. The fourth-order valence-corrected chi connectivity index (χ4v) is 2.37. The van der Waals surface area contributed by atoms with Crippen LogP contribution in [-0.4, -0.2) is 15.2 Å². The van der Waals surface area contributed by atoms with Crippen molar-refractivity contribution in [3.63, 3.8) is 0 Å². The van der Waals surface area contributed by atoms with Crippen LogP contribution in [0.1, 0.15) is 0 Å². The Hall–Kier alpha value is -2.37. The molecule has 0 fully saturated rings. The molecule has 0 bridgehead atoms. The van der Waals surface area contributed by atoms with Crippen molar-refractivity contribution in [2.75, 3.05) is 10.6 Å². The smallest absolute Gasteiger partial charge is 0.249 e. The van der Waals surface area contributed by atoms with Gasteiger partial charge in [0.2, 0.25) is 5.95 Å². The van der Waals surface area contributed by atoms with Gasteiger partial charge in [0.15, 0.2) is 5.82 Å². The number of nitrogens with one attached hydrogen (secondary N) is 2. The Balaban J connectivity index is 1.79. The second-order valence-corrected chi connectivity index (χ2v) is 5.31. The number of rotatable bonds is 4. The summed E-state index contributed by atoms with van der Waals surface area (Å²) in [7, 11) is 0. The molecular weight excluding hydrogens is 321 g/mol. The molecule has 22 heavy (non-hydrogen) atoms. The number of halogens is 2. The Labute approximate surface area is 137 Å². The van der Waals surface area contributed by atoms with E-state index in [1.807, 2.05) is 30.3 Å². The molecular formula is C15H11Cl2N5. The maximum absolute atomic E-state index is 5.97. The fraction of sp³-hybridized carbons (Fsp3) is 0. The van der Waals surface area contributed by atoms with E-state index in [1.54, 1.807) is 18.2 Å². The molecule has 110 valence electrons. The van der Waals surface area contributed by atoms with E-state index < -0.39 is 0 Å². The van der Waals surface area contributed by atoms with E-state index >= 15 is 0 Å². The highest BCUT2D eigenvalue weighted by Gasteiger charge is 2.03. The Morgan fingerprint density at radius 2 is 1.55 bits per heavy atom. The monoisotopic (exact) mass is 331 g/mol. The molecule has 5 nitrogen and oxygen atoms in total. The first-order valence-electron chi connectivity index (χ1n) is 6.44. The van der Waals surface area contributed by atoms with E-state index in [0.29, 0.717) is 21.8 Å². The highest BCUT2D eigenvalue weighted by molar-refractivity contribution is 6.35. The molecule has 0 spiro atoms. The molecule has 2 aromatic carbocycles. The van der Waals surface area contributed by atoms with Gasteiger partial charge in [-0.3, -0.25) is 0 Å². The first-order valence-corrected chi connectivity index (χ1v) is 7.19. The van der Waals surface area contributed by atoms with Gasteiger partial charge in [-0.1, -0.05) is 41.4 Å². The van der Waals surface area contributed by atoms with E-state index in [0.717, 1.165) is 11.4 Å². The molecule has 0 aliphatic rings. The van der Waals surface area contributed by atoms with Crippen molar-refractivity contribution < 1.29 is 0 Å². The molecule has 0 unspecified atom stereocenters. The van der Waals surface area contributed by atoms with Crippen LogP contribution in [-0.2, 0) is 0 Å². The summed E-state index contributed by atoms with van der Waals surface area (Å²) in [5, 5.41) is 15.1. The van der Waals surface area contributed by atoms with Crippen LogP contribution in [0.15, 0.2) is 54.7 Å². The van der Waals surface area contributed by atoms with Crippen molar-refractivity contribution in [2.45, 2.75) is 0 Å². The van der Waals surface area contributed by atoms with E-state index in [9.17, 15) is 0 Å². The minimum absolute atomic E-state index is 0.393. The molecule has 0 amide bonds. The third kappa shape index (κ3) is 3.84. The van der Waals surface area contributed by atoms with Crippen molar-refractivity contribution >= 4 is 46.3 Å². The minimum atomic E-state index is 0.393. The summed E-state index contributed by atoms with van der Waals surface area (Å²) < 4.78 is 0. The van der Waals surface area contributed by atoms with Gasteiger partial charge in [-0.2, -0.15) is 10.1 Å². The highest BCUT2D eigenvalue weighted by atomic mass is 35.5. The first-order chi connectivity index (χ1) is 10.7. The van der Waals surface area contributed by atoms with Gasteiger partial charge in [-0.25, -0.2) is 0 Å². The standard InChI is InChI=1S/C15H11Cl2N5/c16-10-6-11(17)8-13(7-10)19-14-9-18-22-15(21-14)20-12-4-2-1-3-5-12/h1-9H,(H2,19,20,21,22). The summed E-state index contributed by atoms with van der Waals surface area (Å²) in [5.74, 6) is 0.927. The van der Waals surface area contributed by atoms with Crippen LogP contribution in [0.3, 0.4) is 0 Å². The summed E-state index contributed by atoms with van der Waals surface area (Å²) in [6.07, 6.45) is 1.52. The molecule has 0 atom stereocenters. The predicted octanol–water partition coefficient (Wildman–Crippen LogP) is 4.67. The molecule has 7 heteroatoms. The summed E-state index contributed by atoms with van der Waals surface area (Å²) in [5.41, 5.74) is 1.61. The van der Waals surface area contributed by atoms with Gasteiger partial charge < -0.3 is 10.6 Å². The number of hydrogen-bond donors (Lipinski definition) is 2. The number of para-hydroxylation sites is 1. The third-order valence-electron chi connectivity index (χ3n) is 2.72. The Bertz CT molecular complexity index is 760. The minimum Gasteiger partial charge on any atom is -0.339 e. The maximum Gasteiger partial charge on any atom is 0.249 e. The molecule has 2 N–H and O–H groups in total. The van der Waals surface area contributed by atoms with Crippen LogP contribution >= 0.6 is 23.2 Å². The Morgan fingerprint density at radius 1 is 0.818 bits per heavy atom.